The number of hydrogen-bond donors (Lipinski definition) is 0. The van der Waals surface area contributed by atoms with E-state index in [2.05, 4.69) is 20.8 Å². The molecule has 0 nitrogen and oxygen atoms in total. The van der Waals surface area contributed by atoms with Gasteiger partial charge in [-0.15, -0.1) is 0 Å². The molecular formula is C14H27F. The fourth-order valence-electron chi connectivity index (χ4n) is 2.71. The molecule has 2 unspecified atom stereocenters. The van der Waals surface area contributed by atoms with E-state index < -0.39 is 6.17 Å². The lowest BCUT2D eigenvalue weighted by atomic mass is 9.80. The molecule has 1 rings (SSSR count). The van der Waals surface area contributed by atoms with E-state index in [9.17, 15) is 4.39 Å². The standard InChI is InChI=1S/C14H27F/c1-14(2,3)11-12-9-7-5-4-6-8-10-13(12)15/h12-13H,4-11H2,1-3H3. The van der Waals surface area contributed by atoms with Crippen LogP contribution in [0.5, 0.6) is 0 Å². The Labute approximate surface area is 94.6 Å². The SMILES string of the molecule is CC(C)(C)CC1CCCCCCCC1F. The molecule has 2 atom stereocenters. The van der Waals surface area contributed by atoms with Gasteiger partial charge < -0.3 is 0 Å². The molecule has 0 spiro atoms. The van der Waals surface area contributed by atoms with E-state index in [1.165, 1.54) is 25.7 Å². The number of halogens is 1. The van der Waals surface area contributed by atoms with Crippen molar-refractivity contribution in [2.75, 3.05) is 0 Å². The lowest BCUT2D eigenvalue weighted by Gasteiger charge is -2.28. The normalized spacial score (nSPS) is 30.4. The third-order valence-corrected chi connectivity index (χ3v) is 3.44. The third kappa shape index (κ3) is 5.53. The molecule has 0 aromatic carbocycles. The Morgan fingerprint density at radius 2 is 1.47 bits per heavy atom. The zero-order chi connectivity index (χ0) is 11.3. The van der Waals surface area contributed by atoms with Gasteiger partial charge in [-0.05, 0) is 30.6 Å². The summed E-state index contributed by atoms with van der Waals surface area (Å²) in [5.41, 5.74) is 0.281. The van der Waals surface area contributed by atoms with Crippen LogP contribution in [-0.4, -0.2) is 6.17 Å². The van der Waals surface area contributed by atoms with Crippen molar-refractivity contribution >= 4 is 0 Å². The maximum atomic E-state index is 14.0. The van der Waals surface area contributed by atoms with Gasteiger partial charge in [-0.25, -0.2) is 4.39 Å². The summed E-state index contributed by atoms with van der Waals surface area (Å²) in [6, 6.07) is 0. The highest BCUT2D eigenvalue weighted by Gasteiger charge is 2.26. The van der Waals surface area contributed by atoms with Crippen LogP contribution in [0, 0.1) is 11.3 Å². The van der Waals surface area contributed by atoms with Gasteiger partial charge in [0.25, 0.3) is 0 Å². The predicted octanol–water partition coefficient (Wildman–Crippen LogP) is 5.12. The highest BCUT2D eigenvalue weighted by atomic mass is 19.1. The molecule has 0 bridgehead atoms. The van der Waals surface area contributed by atoms with Crippen LogP contribution in [0.1, 0.15) is 72.1 Å². The van der Waals surface area contributed by atoms with Crippen LogP contribution >= 0.6 is 0 Å². The van der Waals surface area contributed by atoms with Crippen molar-refractivity contribution in [3.8, 4) is 0 Å². The molecule has 0 amide bonds. The lowest BCUT2D eigenvalue weighted by Crippen LogP contribution is -2.22. The molecule has 90 valence electrons. The largest absolute Gasteiger partial charge is 0.247 e. The van der Waals surface area contributed by atoms with Crippen LogP contribution in [0.4, 0.5) is 4.39 Å². The van der Waals surface area contributed by atoms with Crippen molar-refractivity contribution < 1.29 is 4.39 Å². The number of alkyl halides is 1. The van der Waals surface area contributed by atoms with Crippen LogP contribution < -0.4 is 0 Å². The van der Waals surface area contributed by atoms with Gasteiger partial charge in [0.1, 0.15) is 6.17 Å². The second-order valence-electron chi connectivity index (χ2n) is 6.39. The quantitative estimate of drug-likeness (QED) is 0.568. The minimum Gasteiger partial charge on any atom is -0.247 e. The average molecular weight is 214 g/mol. The lowest BCUT2D eigenvalue weighted by molar-refractivity contribution is 0.150. The van der Waals surface area contributed by atoms with Crippen LogP contribution in [-0.2, 0) is 0 Å². The van der Waals surface area contributed by atoms with Crippen molar-refractivity contribution in [1.29, 1.82) is 0 Å². The zero-order valence-corrected chi connectivity index (χ0v) is 10.7. The monoisotopic (exact) mass is 214 g/mol. The van der Waals surface area contributed by atoms with Crippen molar-refractivity contribution in [3.05, 3.63) is 0 Å². The van der Waals surface area contributed by atoms with Crippen LogP contribution in [0.2, 0.25) is 0 Å². The van der Waals surface area contributed by atoms with Crippen molar-refractivity contribution in [2.45, 2.75) is 78.3 Å². The van der Waals surface area contributed by atoms with E-state index in [1.54, 1.807) is 0 Å². The van der Waals surface area contributed by atoms with E-state index in [0.717, 1.165) is 25.7 Å². The molecule has 1 fully saturated rings. The van der Waals surface area contributed by atoms with Gasteiger partial charge >= 0.3 is 0 Å². The van der Waals surface area contributed by atoms with Gasteiger partial charge in [0.05, 0.1) is 0 Å². The summed E-state index contributed by atoms with van der Waals surface area (Å²) < 4.78 is 14.0. The summed E-state index contributed by atoms with van der Waals surface area (Å²) in [7, 11) is 0. The first-order valence-corrected chi connectivity index (χ1v) is 6.63. The fraction of sp³-hybridized carbons (Fsp3) is 1.00. The molecule has 0 radical (unpaired) electrons. The van der Waals surface area contributed by atoms with E-state index in [0.29, 0.717) is 5.92 Å². The summed E-state index contributed by atoms with van der Waals surface area (Å²) in [6.07, 6.45) is 8.63. The highest BCUT2D eigenvalue weighted by Crippen LogP contribution is 2.33. The van der Waals surface area contributed by atoms with Crippen LogP contribution in [0.3, 0.4) is 0 Å². The van der Waals surface area contributed by atoms with Gasteiger partial charge in [-0.1, -0.05) is 52.9 Å². The number of hydrogen-bond acceptors (Lipinski definition) is 0. The summed E-state index contributed by atoms with van der Waals surface area (Å²) in [6.45, 7) is 6.69. The number of rotatable bonds is 1. The van der Waals surface area contributed by atoms with E-state index in [-0.39, 0.29) is 5.41 Å². The minimum absolute atomic E-state index is 0.281. The van der Waals surface area contributed by atoms with Gasteiger partial charge in [0.15, 0.2) is 0 Å². The Bertz CT molecular complexity index is 169. The molecule has 15 heavy (non-hydrogen) atoms. The highest BCUT2D eigenvalue weighted by molar-refractivity contribution is 4.76. The fourth-order valence-corrected chi connectivity index (χ4v) is 2.71. The van der Waals surface area contributed by atoms with Gasteiger partial charge in [0.2, 0.25) is 0 Å². The van der Waals surface area contributed by atoms with Crippen LogP contribution in [0.15, 0.2) is 0 Å². The molecule has 0 N–H and O–H groups in total. The Hall–Kier alpha value is -0.0700. The maximum Gasteiger partial charge on any atom is 0.103 e. The van der Waals surface area contributed by atoms with E-state index in [1.807, 2.05) is 0 Å². The predicted molar refractivity (Wildman–Crippen MR) is 64.8 cm³/mol. The molecule has 0 aromatic heterocycles. The molecule has 0 aromatic rings. The molecule has 1 aliphatic rings. The van der Waals surface area contributed by atoms with Crippen molar-refractivity contribution in [1.82, 2.24) is 0 Å². The van der Waals surface area contributed by atoms with E-state index in [4.69, 9.17) is 0 Å². The molecule has 0 heterocycles. The topological polar surface area (TPSA) is 0 Å². The van der Waals surface area contributed by atoms with Gasteiger partial charge in [0, 0.05) is 0 Å². The smallest absolute Gasteiger partial charge is 0.103 e. The maximum absolute atomic E-state index is 14.0. The minimum atomic E-state index is -0.540. The van der Waals surface area contributed by atoms with Gasteiger partial charge in [-0.2, -0.15) is 0 Å². The first-order valence-electron chi connectivity index (χ1n) is 6.63. The Morgan fingerprint density at radius 3 is 2.07 bits per heavy atom. The Morgan fingerprint density at radius 1 is 0.933 bits per heavy atom. The Balaban J connectivity index is 2.48. The summed E-state index contributed by atoms with van der Waals surface area (Å²) in [4.78, 5) is 0. The molecule has 1 heteroatoms. The summed E-state index contributed by atoms with van der Waals surface area (Å²) in [5.74, 6) is 0.322. The zero-order valence-electron chi connectivity index (χ0n) is 10.7. The van der Waals surface area contributed by atoms with Gasteiger partial charge in [-0.3, -0.25) is 0 Å². The first-order chi connectivity index (χ1) is 6.99. The third-order valence-electron chi connectivity index (χ3n) is 3.44. The Kier molecular flexibility index (Phi) is 5.08. The first kappa shape index (κ1) is 13.0. The molecule has 1 saturated carbocycles. The van der Waals surface area contributed by atoms with Crippen molar-refractivity contribution in [2.24, 2.45) is 11.3 Å². The van der Waals surface area contributed by atoms with E-state index >= 15 is 0 Å². The second-order valence-corrected chi connectivity index (χ2v) is 6.39. The second kappa shape index (κ2) is 5.86. The summed E-state index contributed by atoms with van der Waals surface area (Å²) >= 11 is 0. The molecule has 0 aliphatic heterocycles. The molecule has 1 aliphatic carbocycles. The van der Waals surface area contributed by atoms with Crippen LogP contribution in [0.25, 0.3) is 0 Å². The average Bonchev–Trinajstić information content (AvgIpc) is 2.19. The summed E-state index contributed by atoms with van der Waals surface area (Å²) in [5, 5.41) is 0. The molecule has 0 saturated heterocycles. The molecular weight excluding hydrogens is 187 g/mol. The van der Waals surface area contributed by atoms with Crippen molar-refractivity contribution in [3.63, 3.8) is 0 Å².